The molecule has 152 valence electrons. The van der Waals surface area contributed by atoms with Crippen LogP contribution in [0.25, 0.3) is 11.1 Å². The van der Waals surface area contributed by atoms with Crippen LogP contribution in [0.1, 0.15) is 31.9 Å². The van der Waals surface area contributed by atoms with E-state index in [0.717, 1.165) is 12.1 Å². The van der Waals surface area contributed by atoms with Crippen LogP contribution in [0.5, 0.6) is 0 Å². The summed E-state index contributed by atoms with van der Waals surface area (Å²) in [6.07, 6.45) is -2.47. The van der Waals surface area contributed by atoms with Gasteiger partial charge in [-0.05, 0) is 35.6 Å². The minimum atomic E-state index is -2.80. The summed E-state index contributed by atoms with van der Waals surface area (Å²) in [5, 5.41) is 2.66. The molecule has 0 saturated heterocycles. The van der Waals surface area contributed by atoms with E-state index in [-0.39, 0.29) is 22.6 Å². The molecule has 2 aromatic rings. The van der Waals surface area contributed by atoms with Crippen LogP contribution in [0, 0.1) is 17.6 Å². The first-order valence-corrected chi connectivity index (χ1v) is 8.91. The van der Waals surface area contributed by atoms with E-state index in [2.05, 4.69) is 5.32 Å². The Bertz CT molecular complexity index is 773. The van der Waals surface area contributed by atoms with Gasteiger partial charge < -0.3 is 4.74 Å². The fraction of sp³-hybridized carbons (Fsp3) is 0.381. The molecule has 1 N–H and O–H groups in total. The molecule has 0 fully saturated rings. The summed E-state index contributed by atoms with van der Waals surface area (Å²) in [5.41, 5.74) is 0.218. The highest BCUT2D eigenvalue weighted by Gasteiger charge is 2.30. The third-order valence-corrected chi connectivity index (χ3v) is 4.35. The number of nitrogens with one attached hydrogen (secondary N) is 1. The third kappa shape index (κ3) is 5.32. The number of ether oxygens (including phenoxy) is 1. The molecule has 2 atom stereocenters. The van der Waals surface area contributed by atoms with Crippen LogP contribution >= 0.6 is 0 Å². The zero-order chi connectivity index (χ0) is 20.8. The van der Waals surface area contributed by atoms with Crippen molar-refractivity contribution >= 4 is 5.97 Å². The lowest BCUT2D eigenvalue weighted by molar-refractivity contribution is -0.144. The second-order valence-electron chi connectivity index (χ2n) is 6.90. The fourth-order valence-electron chi connectivity index (χ4n) is 3.01. The molecular weight excluding hydrogens is 374 g/mol. The van der Waals surface area contributed by atoms with Crippen LogP contribution in [0.15, 0.2) is 42.5 Å². The molecule has 2 aromatic carbocycles. The highest BCUT2D eigenvalue weighted by molar-refractivity contribution is 5.75. The summed E-state index contributed by atoms with van der Waals surface area (Å²) >= 11 is 0. The molecule has 0 aromatic heterocycles. The van der Waals surface area contributed by atoms with Crippen LogP contribution < -0.4 is 5.32 Å². The van der Waals surface area contributed by atoms with Crippen LogP contribution in [0.4, 0.5) is 17.6 Å². The number of carbonyl (C=O) groups excluding carboxylic acids is 1. The molecular formula is C21H23F4NO2. The number of alkyl halides is 2. The van der Waals surface area contributed by atoms with Crippen molar-refractivity contribution in [3.63, 3.8) is 0 Å². The predicted octanol–water partition coefficient (Wildman–Crippen LogP) is 5.12. The van der Waals surface area contributed by atoms with Gasteiger partial charge in [0.25, 0.3) is 6.43 Å². The van der Waals surface area contributed by atoms with Gasteiger partial charge in [0.2, 0.25) is 0 Å². The highest BCUT2D eigenvalue weighted by Crippen LogP contribution is 2.29. The average molecular weight is 397 g/mol. The lowest BCUT2D eigenvalue weighted by Gasteiger charge is -2.25. The van der Waals surface area contributed by atoms with Crippen LogP contribution in [0.3, 0.4) is 0 Å². The first-order chi connectivity index (χ1) is 13.2. The Hall–Kier alpha value is -2.41. The number of rotatable bonds is 8. The Morgan fingerprint density at radius 1 is 1.04 bits per heavy atom. The maximum Gasteiger partial charge on any atom is 0.322 e. The van der Waals surface area contributed by atoms with Crippen molar-refractivity contribution in [1.82, 2.24) is 5.32 Å². The molecule has 0 amide bonds. The van der Waals surface area contributed by atoms with Gasteiger partial charge in [0.05, 0.1) is 18.7 Å². The molecule has 0 unspecified atom stereocenters. The molecule has 0 radical (unpaired) electrons. The van der Waals surface area contributed by atoms with Gasteiger partial charge >= 0.3 is 5.97 Å². The Kier molecular flexibility index (Phi) is 7.57. The number of carbonyl (C=O) groups is 1. The van der Waals surface area contributed by atoms with Crippen molar-refractivity contribution in [1.29, 1.82) is 0 Å². The standard InChI is InChI=1S/C21H23F4NO2/c1-12(2)11-17(21(27)28-3)26-19(20(24)25)14-9-7-13(8-10-14)18-15(22)5-4-6-16(18)23/h4-10,12,17,19-20,26H,11H2,1-3H3/t17-,19-/m0/s1. The van der Waals surface area contributed by atoms with E-state index < -0.39 is 36.1 Å². The topological polar surface area (TPSA) is 38.3 Å². The Labute approximate surface area is 161 Å². The highest BCUT2D eigenvalue weighted by atomic mass is 19.3. The van der Waals surface area contributed by atoms with E-state index >= 15 is 0 Å². The van der Waals surface area contributed by atoms with Crippen molar-refractivity contribution in [2.75, 3.05) is 7.11 Å². The molecule has 0 spiro atoms. The number of halogens is 4. The van der Waals surface area contributed by atoms with Gasteiger partial charge in [-0.1, -0.05) is 44.2 Å². The fourth-order valence-corrected chi connectivity index (χ4v) is 3.01. The second-order valence-corrected chi connectivity index (χ2v) is 6.90. The summed E-state index contributed by atoms with van der Waals surface area (Å²) in [4.78, 5) is 11.9. The van der Waals surface area contributed by atoms with Crippen molar-refractivity contribution in [2.45, 2.75) is 38.8 Å². The van der Waals surface area contributed by atoms with Crippen LogP contribution in [-0.2, 0) is 9.53 Å². The van der Waals surface area contributed by atoms with E-state index in [9.17, 15) is 22.4 Å². The van der Waals surface area contributed by atoms with E-state index in [1.165, 1.54) is 37.4 Å². The van der Waals surface area contributed by atoms with Crippen LogP contribution in [0.2, 0.25) is 0 Å². The predicted molar refractivity (Wildman–Crippen MR) is 98.9 cm³/mol. The maximum absolute atomic E-state index is 13.9. The lowest BCUT2D eigenvalue weighted by atomic mass is 9.98. The maximum atomic E-state index is 13.9. The van der Waals surface area contributed by atoms with Crippen molar-refractivity contribution in [3.8, 4) is 11.1 Å². The zero-order valence-corrected chi connectivity index (χ0v) is 15.9. The van der Waals surface area contributed by atoms with Gasteiger partial charge in [-0.25, -0.2) is 17.6 Å². The van der Waals surface area contributed by atoms with Crippen molar-refractivity contribution in [3.05, 3.63) is 59.7 Å². The summed E-state index contributed by atoms with van der Waals surface area (Å²) in [6, 6.07) is 6.68. The number of benzene rings is 2. The molecule has 28 heavy (non-hydrogen) atoms. The second kappa shape index (κ2) is 9.68. The molecule has 0 heterocycles. The van der Waals surface area contributed by atoms with Crippen molar-refractivity contribution in [2.24, 2.45) is 5.92 Å². The summed E-state index contributed by atoms with van der Waals surface area (Å²) in [6.45, 7) is 3.74. The first kappa shape index (κ1) is 21.9. The van der Waals surface area contributed by atoms with E-state index in [0.29, 0.717) is 6.42 Å². The van der Waals surface area contributed by atoms with E-state index in [1.807, 2.05) is 13.8 Å². The Morgan fingerprint density at radius 3 is 2.07 bits per heavy atom. The molecule has 7 heteroatoms. The van der Waals surface area contributed by atoms with E-state index in [4.69, 9.17) is 4.74 Å². The van der Waals surface area contributed by atoms with Crippen LogP contribution in [-0.4, -0.2) is 25.5 Å². The van der Waals surface area contributed by atoms with Crippen molar-refractivity contribution < 1.29 is 27.1 Å². The van der Waals surface area contributed by atoms with Gasteiger partial charge in [-0.3, -0.25) is 10.1 Å². The minimum absolute atomic E-state index is 0.0846. The lowest BCUT2D eigenvalue weighted by Crippen LogP contribution is -2.43. The van der Waals surface area contributed by atoms with Gasteiger partial charge in [-0.15, -0.1) is 0 Å². The normalized spacial score (nSPS) is 13.6. The Balaban J connectivity index is 2.30. The number of hydrogen-bond donors (Lipinski definition) is 1. The molecule has 3 nitrogen and oxygen atoms in total. The van der Waals surface area contributed by atoms with E-state index in [1.54, 1.807) is 0 Å². The molecule has 0 bridgehead atoms. The number of esters is 1. The first-order valence-electron chi connectivity index (χ1n) is 8.91. The third-order valence-electron chi connectivity index (χ3n) is 4.35. The molecule has 2 rings (SSSR count). The summed E-state index contributed by atoms with van der Waals surface area (Å²) < 4.78 is 59.9. The quantitative estimate of drug-likeness (QED) is 0.497. The van der Waals surface area contributed by atoms with Gasteiger partial charge in [-0.2, -0.15) is 0 Å². The zero-order valence-electron chi connectivity index (χ0n) is 15.9. The molecule has 0 aliphatic heterocycles. The summed E-state index contributed by atoms with van der Waals surface area (Å²) in [7, 11) is 1.20. The molecule has 0 saturated carbocycles. The Morgan fingerprint density at radius 2 is 1.61 bits per heavy atom. The SMILES string of the molecule is COC(=O)[C@H](CC(C)C)N[C@@H](c1ccc(-c2c(F)cccc2F)cc1)C(F)F. The minimum Gasteiger partial charge on any atom is -0.468 e. The summed E-state index contributed by atoms with van der Waals surface area (Å²) in [5.74, 6) is -2.01. The number of hydrogen-bond acceptors (Lipinski definition) is 3. The van der Waals surface area contributed by atoms with Gasteiger partial charge in [0, 0.05) is 0 Å². The van der Waals surface area contributed by atoms with Gasteiger partial charge in [0.15, 0.2) is 0 Å². The molecule has 0 aliphatic carbocycles. The van der Waals surface area contributed by atoms with Gasteiger partial charge in [0.1, 0.15) is 17.7 Å². The average Bonchev–Trinajstić information content (AvgIpc) is 2.64. The number of methoxy groups -OCH3 is 1. The monoisotopic (exact) mass is 397 g/mol. The largest absolute Gasteiger partial charge is 0.468 e. The smallest absolute Gasteiger partial charge is 0.322 e. The molecule has 0 aliphatic rings.